The summed E-state index contributed by atoms with van der Waals surface area (Å²) in [6.07, 6.45) is 0. The zero-order valence-electron chi connectivity index (χ0n) is 27.9. The molecule has 0 fully saturated rings. The van der Waals surface area contributed by atoms with Gasteiger partial charge in [0.15, 0.2) is 34.5 Å². The zero-order valence-corrected chi connectivity index (χ0v) is 29.5. The van der Waals surface area contributed by atoms with Crippen LogP contribution in [0.5, 0.6) is 11.5 Å². The number of hydrogen-bond donors (Lipinski definition) is 0. The highest BCUT2D eigenvalue weighted by atomic mass is 32.2. The molecule has 0 amide bonds. The average molecular weight is 717 g/mol. The lowest BCUT2D eigenvalue weighted by Gasteiger charge is -2.21. The van der Waals surface area contributed by atoms with E-state index in [2.05, 4.69) is 0 Å². The first-order chi connectivity index (χ1) is 22.9. The summed E-state index contributed by atoms with van der Waals surface area (Å²) < 4.78 is 78.7. The third-order valence-electron chi connectivity index (χ3n) is 5.80. The minimum atomic E-state index is -5.06. The van der Waals surface area contributed by atoms with Crippen LogP contribution >= 0.6 is 0 Å². The van der Waals surface area contributed by atoms with Crippen molar-refractivity contribution in [2.75, 3.05) is 13.2 Å². The Morgan fingerprint density at radius 3 is 1.33 bits per heavy atom. The first-order valence-electron chi connectivity index (χ1n) is 14.9. The fraction of sp³-hybridized carbons (Fsp3) is 0.278. The molecule has 0 radical (unpaired) electrons. The van der Waals surface area contributed by atoms with Crippen LogP contribution in [0.15, 0.2) is 117 Å². The summed E-state index contributed by atoms with van der Waals surface area (Å²) in [5.74, 6) is -2.74. The van der Waals surface area contributed by atoms with Crippen LogP contribution in [0.1, 0.15) is 41.5 Å². The van der Waals surface area contributed by atoms with Gasteiger partial charge >= 0.3 is 11.9 Å². The summed E-state index contributed by atoms with van der Waals surface area (Å²) in [5.41, 5.74) is -1.25. The standard InChI is InChI=1S/C30H35O6S.C6H4F2O3S/c1-29(2,3)35-26(31)20-33-24-18-13-19-25(34-21-27(32)36-30(4,5)6)28(24)37(22-14-9-7-10-15-22)23-16-11-8-12-17-23;7-4-2-1-3-5(8)6(4)12(9,10)11/h7-19H,20-21H2,1-6H3;1-3H,(H,9,10,11)/q+1;/p-1. The van der Waals surface area contributed by atoms with E-state index in [1.165, 1.54) is 0 Å². The van der Waals surface area contributed by atoms with E-state index in [0.717, 1.165) is 20.8 Å². The van der Waals surface area contributed by atoms with Gasteiger partial charge in [0.05, 0.1) is 0 Å². The molecule has 0 N–H and O–H groups in total. The van der Waals surface area contributed by atoms with Gasteiger partial charge in [0.2, 0.25) is 4.90 Å². The number of hydrogen-bond acceptors (Lipinski definition) is 9. The highest BCUT2D eigenvalue weighted by molar-refractivity contribution is 7.97. The fourth-order valence-corrected chi connectivity index (χ4v) is 7.02. The number of rotatable bonds is 10. The summed E-state index contributed by atoms with van der Waals surface area (Å²) in [5, 5.41) is 0. The van der Waals surface area contributed by atoms with E-state index in [4.69, 9.17) is 18.9 Å². The topological polar surface area (TPSA) is 128 Å². The van der Waals surface area contributed by atoms with Gasteiger partial charge in [-0.05, 0) is 90.1 Å². The minimum Gasteiger partial charge on any atom is -0.744 e. The number of halogens is 2. The van der Waals surface area contributed by atoms with Crippen molar-refractivity contribution in [2.24, 2.45) is 0 Å². The quantitative estimate of drug-likeness (QED) is 0.0960. The molecule has 49 heavy (non-hydrogen) atoms. The van der Waals surface area contributed by atoms with Crippen molar-refractivity contribution in [1.29, 1.82) is 0 Å². The second-order valence-corrected chi connectivity index (χ2v) is 15.6. The Morgan fingerprint density at radius 2 is 1.00 bits per heavy atom. The molecular formula is C36H38F2O9S2. The van der Waals surface area contributed by atoms with Crippen LogP contribution in [0, 0.1) is 11.6 Å². The molecule has 0 bridgehead atoms. The lowest BCUT2D eigenvalue weighted by Crippen LogP contribution is -2.28. The van der Waals surface area contributed by atoms with Crippen LogP contribution in [0.4, 0.5) is 8.78 Å². The van der Waals surface area contributed by atoms with Crippen molar-refractivity contribution in [3.63, 3.8) is 0 Å². The lowest BCUT2D eigenvalue weighted by atomic mass is 10.2. The predicted molar refractivity (Wildman–Crippen MR) is 178 cm³/mol. The maximum absolute atomic E-state index is 12.5. The maximum Gasteiger partial charge on any atom is 0.344 e. The van der Waals surface area contributed by atoms with Gasteiger partial charge < -0.3 is 23.5 Å². The van der Waals surface area contributed by atoms with Gasteiger partial charge in [-0.3, -0.25) is 0 Å². The van der Waals surface area contributed by atoms with Crippen LogP contribution < -0.4 is 9.47 Å². The average Bonchev–Trinajstić information content (AvgIpc) is 2.99. The number of benzene rings is 4. The molecule has 4 aromatic rings. The highest BCUT2D eigenvalue weighted by Gasteiger charge is 2.36. The molecule has 0 spiro atoms. The Balaban J connectivity index is 0.000000456. The summed E-state index contributed by atoms with van der Waals surface area (Å²) in [6, 6.07) is 27.7. The monoisotopic (exact) mass is 716 g/mol. The second-order valence-electron chi connectivity index (χ2n) is 12.3. The van der Waals surface area contributed by atoms with Gasteiger partial charge in [0.25, 0.3) is 0 Å². The molecule has 0 atom stereocenters. The van der Waals surface area contributed by atoms with Crippen LogP contribution in [0.2, 0.25) is 0 Å². The van der Waals surface area contributed by atoms with E-state index in [1.807, 2.05) is 102 Å². The summed E-state index contributed by atoms with van der Waals surface area (Å²) in [6.45, 7) is 10.3. The molecule has 0 aliphatic rings. The fourth-order valence-electron chi connectivity index (χ4n) is 4.15. The van der Waals surface area contributed by atoms with E-state index in [1.54, 1.807) is 18.2 Å². The first-order valence-corrected chi connectivity index (χ1v) is 17.6. The van der Waals surface area contributed by atoms with Crippen LogP contribution in [0.3, 0.4) is 0 Å². The number of ether oxygens (including phenoxy) is 4. The molecule has 0 heterocycles. The molecule has 4 aromatic carbocycles. The zero-order chi connectivity index (χ0) is 36.4. The molecule has 9 nitrogen and oxygen atoms in total. The molecule has 0 aromatic heterocycles. The van der Waals surface area contributed by atoms with Crippen molar-refractivity contribution in [3.8, 4) is 11.5 Å². The summed E-state index contributed by atoms with van der Waals surface area (Å²) in [7, 11) is -5.72. The second kappa shape index (κ2) is 16.8. The van der Waals surface area contributed by atoms with Crippen molar-refractivity contribution in [2.45, 2.75) is 72.3 Å². The normalized spacial score (nSPS) is 11.6. The molecule has 0 aliphatic carbocycles. The third kappa shape index (κ3) is 12.5. The predicted octanol–water partition coefficient (Wildman–Crippen LogP) is 7.09. The molecule has 0 aliphatic heterocycles. The van der Waals surface area contributed by atoms with Gasteiger partial charge in [-0.15, -0.1) is 0 Å². The Bertz CT molecular complexity index is 1710. The lowest BCUT2D eigenvalue weighted by molar-refractivity contribution is -0.158. The highest BCUT2D eigenvalue weighted by Crippen LogP contribution is 2.42. The van der Waals surface area contributed by atoms with Gasteiger partial charge in [-0.1, -0.05) is 48.5 Å². The number of carbonyl (C=O) groups excluding carboxylic acids is 2. The molecule has 0 saturated carbocycles. The van der Waals surface area contributed by atoms with Gasteiger partial charge in [-0.2, -0.15) is 0 Å². The molecule has 4 rings (SSSR count). The first kappa shape index (κ1) is 39.0. The van der Waals surface area contributed by atoms with Gasteiger partial charge in [0, 0.05) is 0 Å². The van der Waals surface area contributed by atoms with E-state index < -0.39 is 60.7 Å². The smallest absolute Gasteiger partial charge is 0.344 e. The Morgan fingerprint density at radius 1 is 0.633 bits per heavy atom. The summed E-state index contributed by atoms with van der Waals surface area (Å²) in [4.78, 5) is 26.3. The van der Waals surface area contributed by atoms with Crippen LogP contribution in [-0.2, 0) is 40.1 Å². The van der Waals surface area contributed by atoms with E-state index >= 15 is 0 Å². The largest absolute Gasteiger partial charge is 0.744 e. The SMILES string of the molecule is CC(C)(C)OC(=O)COc1cccc(OCC(=O)OC(C)(C)C)c1[S+](c1ccccc1)c1ccccc1.O=S(=O)([O-])c1c(F)cccc1F. The molecule has 262 valence electrons. The van der Waals surface area contributed by atoms with Gasteiger partial charge in [0.1, 0.15) is 48.7 Å². The van der Waals surface area contributed by atoms with Gasteiger partial charge in [-0.25, -0.2) is 26.8 Å². The van der Waals surface area contributed by atoms with Crippen LogP contribution in [-0.4, -0.2) is 49.3 Å². The van der Waals surface area contributed by atoms with Crippen LogP contribution in [0.25, 0.3) is 0 Å². The molecule has 0 saturated heterocycles. The van der Waals surface area contributed by atoms with E-state index in [-0.39, 0.29) is 13.2 Å². The van der Waals surface area contributed by atoms with E-state index in [0.29, 0.717) is 23.6 Å². The van der Waals surface area contributed by atoms with Crippen molar-refractivity contribution in [1.82, 2.24) is 0 Å². The number of esters is 2. The number of carbonyl (C=O) groups is 2. The summed E-state index contributed by atoms with van der Waals surface area (Å²) >= 11 is 0. The Kier molecular flexibility index (Phi) is 13.3. The Hall–Kier alpha value is -4.46. The van der Waals surface area contributed by atoms with Crippen molar-refractivity contribution < 1.29 is 50.3 Å². The van der Waals surface area contributed by atoms with Crippen molar-refractivity contribution >= 4 is 33.0 Å². The minimum absolute atomic E-state index is 0.263. The molecular weight excluding hydrogens is 679 g/mol. The van der Waals surface area contributed by atoms with E-state index in [9.17, 15) is 31.3 Å². The molecule has 13 heteroatoms. The molecule has 0 unspecified atom stereocenters. The Labute approximate surface area is 288 Å². The third-order valence-corrected chi connectivity index (χ3v) is 8.99. The maximum atomic E-state index is 12.5. The van der Waals surface area contributed by atoms with Crippen molar-refractivity contribution in [3.05, 3.63) is 109 Å².